The Morgan fingerprint density at radius 2 is 1.52 bits per heavy atom. The summed E-state index contributed by atoms with van der Waals surface area (Å²) in [6.07, 6.45) is 0. The Labute approximate surface area is 144 Å². The smallest absolute Gasteiger partial charge is 0.114 e. The lowest BCUT2D eigenvalue weighted by molar-refractivity contribution is 0.682. The van der Waals surface area contributed by atoms with Crippen molar-refractivity contribution in [1.29, 1.82) is 0 Å². The quantitative estimate of drug-likeness (QED) is 0.420. The second-order valence-corrected chi connectivity index (χ2v) is 9.55. The van der Waals surface area contributed by atoms with E-state index in [9.17, 15) is 4.21 Å². The van der Waals surface area contributed by atoms with Gasteiger partial charge in [-0.1, -0.05) is 42.5 Å². The molecule has 0 fully saturated rings. The van der Waals surface area contributed by atoms with Crippen LogP contribution in [0.3, 0.4) is 0 Å². The summed E-state index contributed by atoms with van der Waals surface area (Å²) < 4.78 is 15.8. The molecule has 1 aliphatic heterocycles. The third-order valence-corrected chi connectivity index (χ3v) is 8.61. The van der Waals surface area contributed by atoms with E-state index in [0.29, 0.717) is 0 Å². The van der Waals surface area contributed by atoms with Crippen molar-refractivity contribution < 1.29 is 4.21 Å². The Kier molecular flexibility index (Phi) is 3.11. The van der Waals surface area contributed by atoms with Crippen LogP contribution in [0.1, 0.15) is 10.1 Å². The summed E-state index contributed by atoms with van der Waals surface area (Å²) >= 11 is 3.52. The first-order valence-corrected chi connectivity index (χ1v) is 10.3. The Morgan fingerprint density at radius 3 is 2.35 bits per heavy atom. The molecule has 0 amide bonds. The van der Waals surface area contributed by atoms with Crippen LogP contribution in [0.25, 0.3) is 20.2 Å². The summed E-state index contributed by atoms with van der Waals surface area (Å²) in [7, 11) is -1.07. The van der Waals surface area contributed by atoms with Crippen LogP contribution in [0.4, 0.5) is 0 Å². The molecule has 0 bridgehead atoms. The normalized spacial score (nSPS) is 20.2. The zero-order valence-corrected chi connectivity index (χ0v) is 14.5. The molecule has 1 nitrogen and oxygen atoms in total. The first kappa shape index (κ1) is 13.8. The van der Waals surface area contributed by atoms with Crippen molar-refractivity contribution >= 4 is 54.1 Å². The van der Waals surface area contributed by atoms with Crippen molar-refractivity contribution in [2.75, 3.05) is 0 Å². The van der Waals surface area contributed by atoms with Gasteiger partial charge in [-0.25, -0.2) is 0 Å². The highest BCUT2D eigenvalue weighted by molar-refractivity contribution is 8.11. The minimum Gasteiger partial charge on any atom is -0.253 e. The van der Waals surface area contributed by atoms with Gasteiger partial charge in [-0.3, -0.25) is 4.21 Å². The summed E-state index contributed by atoms with van der Waals surface area (Å²) in [5, 5.41) is 2.47. The third-order valence-electron chi connectivity index (χ3n) is 4.16. The molecule has 3 aromatic carbocycles. The molecule has 0 saturated heterocycles. The highest BCUT2D eigenvalue weighted by Crippen LogP contribution is 2.51. The van der Waals surface area contributed by atoms with Gasteiger partial charge in [0.1, 0.15) is 4.58 Å². The molecule has 112 valence electrons. The van der Waals surface area contributed by atoms with Gasteiger partial charge in [0, 0.05) is 30.0 Å². The van der Waals surface area contributed by atoms with Gasteiger partial charge in [-0.15, -0.1) is 23.1 Å². The molecule has 2 unspecified atom stereocenters. The average Bonchev–Trinajstić information content (AvgIpc) is 2.93. The van der Waals surface area contributed by atoms with Crippen LogP contribution in [0.2, 0.25) is 0 Å². The highest BCUT2D eigenvalue weighted by atomic mass is 32.2. The predicted octanol–water partition coefficient (Wildman–Crippen LogP) is 5.97. The van der Waals surface area contributed by atoms with Crippen LogP contribution >= 0.6 is 23.1 Å². The maximum absolute atomic E-state index is 13.4. The third kappa shape index (κ3) is 2.02. The first-order chi connectivity index (χ1) is 11.3. The van der Waals surface area contributed by atoms with Crippen LogP contribution in [0.5, 0.6) is 0 Å². The van der Waals surface area contributed by atoms with E-state index in [1.54, 1.807) is 23.1 Å². The van der Waals surface area contributed by atoms with Crippen molar-refractivity contribution in [3.05, 3.63) is 72.3 Å². The van der Waals surface area contributed by atoms with E-state index in [0.717, 1.165) is 10.5 Å². The van der Waals surface area contributed by atoms with Gasteiger partial charge in [-0.05, 0) is 29.8 Å². The molecule has 4 heteroatoms. The Balaban J connectivity index is 1.87. The van der Waals surface area contributed by atoms with Gasteiger partial charge in [0.25, 0.3) is 0 Å². The lowest BCUT2D eigenvalue weighted by Crippen LogP contribution is -2.02. The van der Waals surface area contributed by atoms with Crippen molar-refractivity contribution in [1.82, 2.24) is 0 Å². The standard InChI is InChI=1S/C19H12OS3/c20-23-16-11-5-10-15-18(16)17-13(21-15)8-4-9-14(17)22-19(23)12-6-2-1-3-7-12/h1-11,19H. The topological polar surface area (TPSA) is 17.1 Å². The van der Waals surface area contributed by atoms with Crippen molar-refractivity contribution in [2.45, 2.75) is 14.4 Å². The van der Waals surface area contributed by atoms with Gasteiger partial charge < -0.3 is 0 Å². The Hall–Kier alpha value is -1.62. The van der Waals surface area contributed by atoms with Gasteiger partial charge in [0.05, 0.1) is 10.8 Å². The van der Waals surface area contributed by atoms with Crippen LogP contribution in [-0.2, 0) is 10.8 Å². The number of thioether (sulfide) groups is 1. The molecular formula is C19H12OS3. The molecule has 2 atom stereocenters. The number of hydrogen-bond donors (Lipinski definition) is 0. The van der Waals surface area contributed by atoms with Crippen molar-refractivity contribution in [3.63, 3.8) is 0 Å². The number of benzene rings is 3. The van der Waals surface area contributed by atoms with E-state index in [1.165, 1.54) is 25.1 Å². The van der Waals surface area contributed by atoms with Crippen molar-refractivity contribution in [3.8, 4) is 0 Å². The van der Waals surface area contributed by atoms with E-state index < -0.39 is 10.8 Å². The first-order valence-electron chi connectivity index (χ1n) is 7.39. The molecule has 4 aromatic rings. The maximum atomic E-state index is 13.4. The SMILES string of the molecule is O=S1c2cccc3sc4cccc(c4c23)SC1c1ccccc1. The summed E-state index contributed by atoms with van der Waals surface area (Å²) in [5.41, 5.74) is 1.12. The molecule has 0 N–H and O–H groups in total. The number of thiophene rings is 1. The fraction of sp³-hybridized carbons (Fsp3) is 0.0526. The molecule has 0 saturated carbocycles. The number of hydrogen-bond acceptors (Lipinski definition) is 3. The molecule has 0 aliphatic carbocycles. The average molecular weight is 353 g/mol. The second kappa shape index (κ2) is 5.20. The van der Waals surface area contributed by atoms with Crippen molar-refractivity contribution in [2.24, 2.45) is 0 Å². The molecule has 5 rings (SSSR count). The maximum Gasteiger partial charge on any atom is 0.114 e. The molecule has 1 aliphatic rings. The molecule has 0 radical (unpaired) electrons. The minimum absolute atomic E-state index is 0.0650. The fourth-order valence-corrected chi connectivity index (χ4v) is 7.68. The summed E-state index contributed by atoms with van der Waals surface area (Å²) in [5.74, 6) is 0. The molecule has 2 heterocycles. The van der Waals surface area contributed by atoms with Crippen LogP contribution in [0, 0.1) is 0 Å². The van der Waals surface area contributed by atoms with Crippen LogP contribution < -0.4 is 0 Å². The number of rotatable bonds is 1. The van der Waals surface area contributed by atoms with Crippen LogP contribution in [-0.4, -0.2) is 4.21 Å². The zero-order valence-electron chi connectivity index (χ0n) is 12.1. The lowest BCUT2D eigenvalue weighted by Gasteiger charge is -2.15. The molecule has 0 spiro atoms. The molecular weight excluding hydrogens is 340 g/mol. The molecule has 1 aromatic heterocycles. The zero-order chi connectivity index (χ0) is 15.4. The van der Waals surface area contributed by atoms with Gasteiger partial charge in [0.2, 0.25) is 0 Å². The van der Waals surface area contributed by atoms with E-state index >= 15 is 0 Å². The lowest BCUT2D eigenvalue weighted by atomic mass is 10.1. The minimum atomic E-state index is -1.07. The van der Waals surface area contributed by atoms with Crippen LogP contribution in [0.15, 0.2) is 76.5 Å². The van der Waals surface area contributed by atoms with E-state index in [1.807, 2.05) is 30.3 Å². The Morgan fingerprint density at radius 1 is 0.783 bits per heavy atom. The summed E-state index contributed by atoms with van der Waals surface area (Å²) in [6, 6.07) is 22.8. The predicted molar refractivity (Wildman–Crippen MR) is 101 cm³/mol. The Bertz CT molecular complexity index is 1070. The van der Waals surface area contributed by atoms with E-state index in [4.69, 9.17) is 0 Å². The molecule has 23 heavy (non-hydrogen) atoms. The highest BCUT2D eigenvalue weighted by Gasteiger charge is 2.29. The van der Waals surface area contributed by atoms with Gasteiger partial charge in [0.15, 0.2) is 0 Å². The van der Waals surface area contributed by atoms with Gasteiger partial charge >= 0.3 is 0 Å². The second-order valence-electron chi connectivity index (χ2n) is 5.52. The van der Waals surface area contributed by atoms with Gasteiger partial charge in [-0.2, -0.15) is 0 Å². The largest absolute Gasteiger partial charge is 0.253 e. The fourth-order valence-electron chi connectivity index (χ4n) is 3.15. The summed E-state index contributed by atoms with van der Waals surface area (Å²) in [6.45, 7) is 0. The monoisotopic (exact) mass is 352 g/mol. The van der Waals surface area contributed by atoms with E-state index in [2.05, 4.69) is 36.4 Å². The summed E-state index contributed by atoms with van der Waals surface area (Å²) in [4.78, 5) is 2.21. The van der Waals surface area contributed by atoms with E-state index in [-0.39, 0.29) is 4.58 Å².